The average Bonchev–Trinajstić information content (AvgIpc) is 2.55. The van der Waals surface area contributed by atoms with Crippen molar-refractivity contribution in [2.75, 3.05) is 39.3 Å². The smallest absolute Gasteiger partial charge is 0.673 e. The second-order valence-corrected chi connectivity index (χ2v) is 28.4. The van der Waals surface area contributed by atoms with Crippen LogP contribution in [0, 0.1) is 0 Å². The van der Waals surface area contributed by atoms with Crippen LogP contribution in [-0.2, 0) is 26.2 Å². The molecule has 0 aliphatic heterocycles. The van der Waals surface area contributed by atoms with Crippen LogP contribution >= 0.6 is 0 Å². The molecule has 0 bridgehead atoms. The first-order chi connectivity index (χ1) is 15.9. The van der Waals surface area contributed by atoms with Crippen molar-refractivity contribution in [3.8, 4) is 0 Å². The summed E-state index contributed by atoms with van der Waals surface area (Å²) in [7, 11) is -4.29. The van der Waals surface area contributed by atoms with Crippen LogP contribution in [0.15, 0.2) is 4.99 Å². The van der Waals surface area contributed by atoms with E-state index in [-0.39, 0.29) is 37.8 Å². The zero-order valence-electron chi connectivity index (χ0n) is 27.6. The molecule has 7 nitrogen and oxygen atoms in total. The minimum Gasteiger partial charge on any atom is -0.673 e. The first kappa shape index (κ1) is 42.1. The van der Waals surface area contributed by atoms with E-state index in [0.717, 1.165) is 45.2 Å². The van der Waals surface area contributed by atoms with Gasteiger partial charge in [-0.05, 0) is 31.7 Å². The summed E-state index contributed by atoms with van der Waals surface area (Å²) in [6.07, 6.45) is 0. The van der Waals surface area contributed by atoms with Crippen LogP contribution in [0.25, 0.3) is 21.0 Å². The Bertz CT molecular complexity index is 579. The standard InChI is InChI=1S/C22H53N6Si3.C4H10N.Zr/c1-20(2)26-22(28(21(3)4)31(11,12)13)23-14-17-27(18-15-24-29(5,6)7)19-16-25-30(8,9)10;1-4(2,3)5;/h20-21H,14-19H2,1-13H3;5H,1-3H3;/q-3;-1;+4. The molecule has 0 aromatic heterocycles. The molecular weight excluding hydrogens is 586 g/mol. The largest absolute Gasteiger partial charge is 4.00 e. The van der Waals surface area contributed by atoms with E-state index < -0.39 is 24.7 Å². The van der Waals surface area contributed by atoms with Crippen molar-refractivity contribution in [3.05, 3.63) is 21.0 Å². The molecule has 11 heteroatoms. The minimum absolute atomic E-state index is 0. The predicted octanol–water partition coefficient (Wildman–Crippen LogP) is 8.22. The number of aliphatic imine (C=N–C) groups is 1. The van der Waals surface area contributed by atoms with Gasteiger partial charge in [0, 0.05) is 12.5 Å². The van der Waals surface area contributed by atoms with Crippen LogP contribution in [0.5, 0.6) is 0 Å². The molecular formula is C26H63N7Si3Zr. The van der Waals surface area contributed by atoms with Crippen LogP contribution in [0.1, 0.15) is 48.5 Å². The van der Waals surface area contributed by atoms with Gasteiger partial charge in [0.2, 0.25) is 0 Å². The van der Waals surface area contributed by atoms with E-state index in [9.17, 15) is 0 Å². The summed E-state index contributed by atoms with van der Waals surface area (Å²) in [5.41, 5.74) is 6.69. The number of rotatable bonds is 14. The first-order valence-corrected chi connectivity index (χ1v) is 24.2. The molecule has 218 valence electrons. The van der Waals surface area contributed by atoms with Gasteiger partial charge >= 0.3 is 26.2 Å². The second-order valence-electron chi connectivity index (χ2n) is 14.2. The number of guanidine groups is 1. The molecule has 0 heterocycles. The fourth-order valence-electron chi connectivity index (χ4n) is 3.40. The number of hydrogen-bond acceptors (Lipinski definition) is 2. The van der Waals surface area contributed by atoms with Crippen LogP contribution in [0.3, 0.4) is 0 Å². The monoisotopic (exact) mass is 647 g/mol. The van der Waals surface area contributed by atoms with E-state index in [4.69, 9.17) is 26.0 Å². The quantitative estimate of drug-likeness (QED) is 0.108. The maximum atomic E-state index is 6.94. The van der Waals surface area contributed by atoms with Crippen LogP contribution in [-0.4, -0.2) is 97.0 Å². The molecule has 0 saturated heterocycles. The molecule has 0 aliphatic carbocycles. The topological polar surface area (TPSA) is 84.9 Å². The van der Waals surface area contributed by atoms with Gasteiger partial charge in [0.1, 0.15) is 0 Å². The summed E-state index contributed by atoms with van der Waals surface area (Å²) in [4.78, 5) is 17.3. The number of nitrogens with one attached hydrogen (secondary N) is 1. The Balaban J connectivity index is -0.00000174. The van der Waals surface area contributed by atoms with Crippen molar-refractivity contribution < 1.29 is 26.2 Å². The van der Waals surface area contributed by atoms with E-state index in [1.807, 2.05) is 20.8 Å². The molecule has 0 aliphatic rings. The summed E-state index contributed by atoms with van der Waals surface area (Å²) in [6.45, 7) is 40.9. The van der Waals surface area contributed by atoms with E-state index in [1.165, 1.54) is 0 Å². The van der Waals surface area contributed by atoms with Crippen LogP contribution in [0.2, 0.25) is 58.9 Å². The van der Waals surface area contributed by atoms with Crippen LogP contribution in [0.4, 0.5) is 0 Å². The molecule has 0 radical (unpaired) electrons. The Morgan fingerprint density at radius 3 is 1.38 bits per heavy atom. The summed E-state index contributed by atoms with van der Waals surface area (Å²) in [6, 6.07) is 0.661. The van der Waals surface area contributed by atoms with Crippen molar-refractivity contribution in [1.82, 2.24) is 9.47 Å². The summed E-state index contributed by atoms with van der Waals surface area (Å²) in [5.74, 6) is 0.947. The van der Waals surface area contributed by atoms with E-state index in [0.29, 0.717) is 6.04 Å². The molecule has 0 rings (SSSR count). The SMILES string of the molecule is CC(C)(C)[NH-].CC(C)N=C([N-]CCN(CC[N-][Si](C)(C)C)CC[N-][Si](C)(C)C)N(C(C)C)[Si](C)(C)C.[Zr+4]. The third-order valence-electron chi connectivity index (χ3n) is 4.50. The fraction of sp³-hybridized carbons (Fsp3) is 0.962. The molecule has 0 fully saturated rings. The molecule has 0 unspecified atom stereocenters. The van der Waals surface area contributed by atoms with Crippen molar-refractivity contribution in [1.29, 1.82) is 0 Å². The second kappa shape index (κ2) is 18.9. The van der Waals surface area contributed by atoms with Gasteiger partial charge in [-0.15, -0.1) is 18.6 Å². The van der Waals surface area contributed by atoms with E-state index >= 15 is 0 Å². The van der Waals surface area contributed by atoms with Gasteiger partial charge in [0.15, 0.2) is 0 Å². The Morgan fingerprint density at radius 2 is 1.11 bits per heavy atom. The van der Waals surface area contributed by atoms with Crippen molar-refractivity contribution in [2.24, 2.45) is 4.99 Å². The Morgan fingerprint density at radius 1 is 0.757 bits per heavy atom. The van der Waals surface area contributed by atoms with Gasteiger partial charge in [0.05, 0.1) is 8.24 Å². The van der Waals surface area contributed by atoms with Gasteiger partial charge in [0.25, 0.3) is 0 Å². The Kier molecular flexibility index (Phi) is 21.5. The van der Waals surface area contributed by atoms with Gasteiger partial charge in [-0.3, -0.25) is 0 Å². The van der Waals surface area contributed by atoms with Crippen LogP contribution < -0.4 is 0 Å². The molecule has 1 N–H and O–H groups in total. The predicted molar refractivity (Wildman–Crippen MR) is 175 cm³/mol. The zero-order chi connectivity index (χ0) is 29.0. The maximum Gasteiger partial charge on any atom is 4.00 e. The normalized spacial score (nSPS) is 13.5. The zero-order valence-corrected chi connectivity index (χ0v) is 33.0. The van der Waals surface area contributed by atoms with E-state index in [2.05, 4.69) is 96.1 Å². The van der Waals surface area contributed by atoms with Crippen molar-refractivity contribution >= 4 is 30.7 Å². The van der Waals surface area contributed by atoms with Crippen molar-refractivity contribution in [3.63, 3.8) is 0 Å². The molecule has 37 heavy (non-hydrogen) atoms. The van der Waals surface area contributed by atoms with Crippen molar-refractivity contribution in [2.45, 2.75) is 125 Å². The molecule has 0 spiro atoms. The number of hydrogen-bond donors (Lipinski definition) is 0. The third kappa shape index (κ3) is 29.5. The van der Waals surface area contributed by atoms with Gasteiger partial charge in [-0.2, -0.15) is 0 Å². The Labute approximate surface area is 255 Å². The minimum atomic E-state index is -1.57. The van der Waals surface area contributed by atoms with Gasteiger partial charge in [-0.1, -0.05) is 124 Å². The summed E-state index contributed by atoms with van der Waals surface area (Å²) < 4.78 is 2.48. The van der Waals surface area contributed by atoms with E-state index in [1.54, 1.807) is 0 Å². The Hall–Kier alpha value is 0.644. The first-order valence-electron chi connectivity index (χ1n) is 13.8. The molecule has 0 atom stereocenters. The van der Waals surface area contributed by atoms with Gasteiger partial charge in [-0.25, -0.2) is 0 Å². The third-order valence-corrected chi connectivity index (χ3v) is 9.01. The molecule has 0 aromatic carbocycles. The summed E-state index contributed by atoms with van der Waals surface area (Å²) in [5, 5.41) is 5.03. The molecule has 0 amide bonds. The molecule has 0 aromatic rings. The fourth-order valence-corrected chi connectivity index (χ4v) is 7.22. The van der Waals surface area contributed by atoms with Gasteiger partial charge < -0.3 is 35.5 Å². The average molecular weight is 649 g/mol. The number of nitrogens with zero attached hydrogens (tertiary/aromatic N) is 6. The molecule has 0 saturated carbocycles. The maximum absolute atomic E-state index is 6.94. The summed E-state index contributed by atoms with van der Waals surface area (Å²) >= 11 is 0.